The van der Waals surface area contributed by atoms with E-state index in [9.17, 15) is 0 Å². The van der Waals surface area contributed by atoms with E-state index in [0.717, 1.165) is 6.54 Å². The van der Waals surface area contributed by atoms with Crippen molar-refractivity contribution in [3.05, 3.63) is 78.9 Å². The smallest absolute Gasteiger partial charge is 0.206 e. The molecule has 0 N–H and O–H groups in total. The molecule has 30 heavy (non-hydrogen) atoms. The number of hydrogen-bond acceptors (Lipinski definition) is 1. The van der Waals surface area contributed by atoms with Crippen LogP contribution in [0.1, 0.15) is 70.8 Å². The van der Waals surface area contributed by atoms with E-state index in [0.29, 0.717) is 12.6 Å². The maximum atomic E-state index is 4.01. The number of hydrogen-bond donors (Lipinski definition) is 0. The fourth-order valence-electron chi connectivity index (χ4n) is 3.62. The highest BCUT2D eigenvalue weighted by molar-refractivity contribution is 6.84. The van der Waals surface area contributed by atoms with Gasteiger partial charge in [-0.15, -0.1) is 0 Å². The van der Waals surface area contributed by atoms with Gasteiger partial charge in [0.05, 0.1) is 6.33 Å². The zero-order valence-corrected chi connectivity index (χ0v) is 19.4. The molecule has 2 nitrogen and oxygen atoms in total. The summed E-state index contributed by atoms with van der Waals surface area (Å²) in [6.07, 6.45) is 13.9. The van der Waals surface area contributed by atoms with Crippen molar-refractivity contribution in [2.75, 3.05) is 0 Å². The van der Waals surface area contributed by atoms with Gasteiger partial charge in [-0.25, -0.2) is 4.98 Å². The number of aromatic nitrogens is 2. The molecule has 3 heteroatoms. The summed E-state index contributed by atoms with van der Waals surface area (Å²) < 4.78 is 2.15. The lowest BCUT2D eigenvalue weighted by Crippen LogP contribution is -2.39. The Balaban J connectivity index is 0.000000222. The lowest BCUT2D eigenvalue weighted by molar-refractivity contribution is 0.558. The predicted molar refractivity (Wildman–Crippen MR) is 133 cm³/mol. The standard InChI is InChI=1S/C16H19B.C11H20N2/c1-13(2)14-8-7-11-16(12-14)17(3)15-9-5-4-6-10-15;1-2-3-4-5-6-7-9-13-10-8-12-11-13/h4-13H,1-3H3;8,10-11H,2-7,9H2,1H3. The van der Waals surface area contributed by atoms with Crippen molar-refractivity contribution < 1.29 is 0 Å². The molecule has 3 aromatic rings. The highest BCUT2D eigenvalue weighted by Gasteiger charge is 2.13. The number of rotatable bonds is 10. The van der Waals surface area contributed by atoms with E-state index < -0.39 is 0 Å². The highest BCUT2D eigenvalue weighted by Crippen LogP contribution is 2.12. The molecule has 0 unspecified atom stereocenters. The maximum Gasteiger partial charge on any atom is 0.206 e. The number of nitrogens with zero attached hydrogens (tertiary/aromatic N) is 2. The van der Waals surface area contributed by atoms with Crippen LogP contribution in [0.5, 0.6) is 0 Å². The van der Waals surface area contributed by atoms with Crippen molar-refractivity contribution in [1.82, 2.24) is 9.55 Å². The van der Waals surface area contributed by atoms with Gasteiger partial charge in [0.25, 0.3) is 0 Å². The molecule has 0 saturated carbocycles. The predicted octanol–water partition coefficient (Wildman–Crippen LogP) is 6.29. The van der Waals surface area contributed by atoms with E-state index in [2.05, 4.69) is 91.7 Å². The molecule has 3 rings (SSSR count). The van der Waals surface area contributed by atoms with E-state index >= 15 is 0 Å². The van der Waals surface area contributed by atoms with Gasteiger partial charge in [0, 0.05) is 18.9 Å². The van der Waals surface area contributed by atoms with E-state index in [1.807, 2.05) is 18.7 Å². The molecule has 2 aromatic carbocycles. The van der Waals surface area contributed by atoms with Gasteiger partial charge in [0.1, 0.15) is 0 Å². The molecule has 0 atom stereocenters. The summed E-state index contributed by atoms with van der Waals surface area (Å²) in [5, 5.41) is 0. The highest BCUT2D eigenvalue weighted by atomic mass is 15.0. The third-order valence-corrected chi connectivity index (χ3v) is 5.71. The molecule has 0 bridgehead atoms. The van der Waals surface area contributed by atoms with Crippen LogP contribution in [0, 0.1) is 0 Å². The van der Waals surface area contributed by atoms with Crippen LogP contribution in [0.2, 0.25) is 6.82 Å². The van der Waals surface area contributed by atoms with Crippen LogP contribution in [-0.2, 0) is 6.54 Å². The zero-order valence-electron chi connectivity index (χ0n) is 19.4. The average molecular weight is 402 g/mol. The largest absolute Gasteiger partial charge is 0.337 e. The van der Waals surface area contributed by atoms with Crippen LogP contribution in [0.3, 0.4) is 0 Å². The molecular formula is C27H39BN2. The Morgan fingerprint density at radius 2 is 1.57 bits per heavy atom. The summed E-state index contributed by atoms with van der Waals surface area (Å²) >= 11 is 0. The van der Waals surface area contributed by atoms with Gasteiger partial charge in [-0.2, -0.15) is 0 Å². The molecule has 0 aliphatic heterocycles. The van der Waals surface area contributed by atoms with Crippen LogP contribution in [0.4, 0.5) is 0 Å². The number of aryl methyl sites for hydroxylation is 1. The van der Waals surface area contributed by atoms with Crippen LogP contribution in [0.25, 0.3) is 0 Å². The second kappa shape index (κ2) is 13.8. The normalized spacial score (nSPS) is 10.6. The Bertz CT molecular complexity index is 797. The summed E-state index contributed by atoms with van der Waals surface area (Å²) in [5.74, 6) is 0.595. The molecule has 0 fully saturated rings. The zero-order chi connectivity index (χ0) is 21.6. The van der Waals surface area contributed by atoms with E-state index in [-0.39, 0.29) is 0 Å². The molecule has 0 aliphatic carbocycles. The lowest BCUT2D eigenvalue weighted by Gasteiger charge is -2.12. The molecule has 0 radical (unpaired) electrons. The van der Waals surface area contributed by atoms with E-state index in [1.165, 1.54) is 55.0 Å². The molecular weight excluding hydrogens is 363 g/mol. The quantitative estimate of drug-likeness (QED) is 0.288. The Morgan fingerprint density at radius 3 is 2.23 bits per heavy atom. The Labute approximate surface area is 184 Å². The lowest BCUT2D eigenvalue weighted by atomic mass is 9.42. The third kappa shape index (κ3) is 8.61. The molecule has 0 saturated heterocycles. The van der Waals surface area contributed by atoms with Crippen molar-refractivity contribution in [2.45, 2.75) is 78.6 Å². The minimum absolute atomic E-state index is 0.467. The van der Waals surface area contributed by atoms with Crippen LogP contribution < -0.4 is 10.9 Å². The Kier molecular flexibility index (Phi) is 11.1. The summed E-state index contributed by atoms with van der Waals surface area (Å²) in [5.41, 5.74) is 4.21. The monoisotopic (exact) mass is 402 g/mol. The van der Waals surface area contributed by atoms with Crippen LogP contribution in [0.15, 0.2) is 73.3 Å². The summed E-state index contributed by atoms with van der Waals surface area (Å²) in [4.78, 5) is 4.01. The topological polar surface area (TPSA) is 17.8 Å². The van der Waals surface area contributed by atoms with Gasteiger partial charge >= 0.3 is 0 Å². The number of imidazole rings is 1. The first kappa shape index (κ1) is 24.0. The van der Waals surface area contributed by atoms with E-state index in [1.54, 1.807) is 0 Å². The maximum absolute atomic E-state index is 4.01. The van der Waals surface area contributed by atoms with Crippen molar-refractivity contribution in [1.29, 1.82) is 0 Å². The van der Waals surface area contributed by atoms with Gasteiger partial charge in [0.15, 0.2) is 0 Å². The molecule has 0 aliphatic rings. The first-order chi connectivity index (χ1) is 14.6. The van der Waals surface area contributed by atoms with Gasteiger partial charge in [-0.05, 0) is 17.9 Å². The van der Waals surface area contributed by atoms with Crippen molar-refractivity contribution in [3.8, 4) is 0 Å². The van der Waals surface area contributed by atoms with Crippen molar-refractivity contribution >= 4 is 17.6 Å². The average Bonchev–Trinajstić information content (AvgIpc) is 3.30. The van der Waals surface area contributed by atoms with Crippen molar-refractivity contribution in [2.24, 2.45) is 0 Å². The van der Waals surface area contributed by atoms with Crippen LogP contribution >= 0.6 is 0 Å². The second-order valence-corrected chi connectivity index (χ2v) is 8.53. The van der Waals surface area contributed by atoms with Crippen molar-refractivity contribution in [3.63, 3.8) is 0 Å². The number of unbranched alkanes of at least 4 members (excludes halogenated alkanes) is 5. The second-order valence-electron chi connectivity index (χ2n) is 8.53. The SMILES string of the molecule is CB(c1ccccc1)c1cccc(C(C)C)c1.CCCCCCCCn1ccnc1. The fraction of sp³-hybridized carbons (Fsp3) is 0.444. The number of benzene rings is 2. The molecule has 1 aromatic heterocycles. The first-order valence-corrected chi connectivity index (χ1v) is 11.7. The minimum atomic E-state index is 0.467. The molecule has 0 spiro atoms. The Hall–Kier alpha value is -2.29. The Morgan fingerprint density at radius 1 is 0.867 bits per heavy atom. The summed E-state index contributed by atoms with van der Waals surface area (Å²) in [6.45, 7) is 10.6. The van der Waals surface area contributed by atoms with Crippen LogP contribution in [-0.4, -0.2) is 16.3 Å². The van der Waals surface area contributed by atoms with E-state index in [4.69, 9.17) is 0 Å². The van der Waals surface area contributed by atoms with Gasteiger partial charge in [-0.1, -0.05) is 125 Å². The summed E-state index contributed by atoms with van der Waals surface area (Å²) in [7, 11) is 0. The molecule has 1 heterocycles. The molecule has 0 amide bonds. The first-order valence-electron chi connectivity index (χ1n) is 11.7. The van der Waals surface area contributed by atoms with Gasteiger partial charge in [-0.3, -0.25) is 0 Å². The molecule has 160 valence electrons. The van der Waals surface area contributed by atoms with Gasteiger partial charge in [0.2, 0.25) is 6.71 Å². The third-order valence-electron chi connectivity index (χ3n) is 5.71. The fourth-order valence-corrected chi connectivity index (χ4v) is 3.62. The minimum Gasteiger partial charge on any atom is -0.337 e. The summed E-state index contributed by atoms with van der Waals surface area (Å²) in [6, 6.07) is 19.6. The van der Waals surface area contributed by atoms with Gasteiger partial charge < -0.3 is 4.57 Å².